The Morgan fingerprint density at radius 2 is 2.37 bits per heavy atom. The van der Waals surface area contributed by atoms with E-state index in [4.69, 9.17) is 5.73 Å². The van der Waals surface area contributed by atoms with E-state index in [1.807, 2.05) is 0 Å². The summed E-state index contributed by atoms with van der Waals surface area (Å²) < 4.78 is 0. The summed E-state index contributed by atoms with van der Waals surface area (Å²) in [7, 11) is 0. The van der Waals surface area contributed by atoms with E-state index in [9.17, 15) is 4.79 Å². The maximum absolute atomic E-state index is 11.5. The van der Waals surface area contributed by atoms with Crippen LogP contribution in [0, 0.1) is 5.92 Å². The van der Waals surface area contributed by atoms with Crippen molar-refractivity contribution in [2.45, 2.75) is 32.2 Å². The predicted octanol–water partition coefficient (Wildman–Crippen LogP) is 2.23. The van der Waals surface area contributed by atoms with Crippen LogP contribution in [0.1, 0.15) is 31.1 Å². The lowest BCUT2D eigenvalue weighted by Crippen LogP contribution is -2.52. The Hall–Kier alpha value is -1.07. The molecule has 0 aromatic carbocycles. The minimum Gasteiger partial charge on any atom is -0.351 e. The van der Waals surface area contributed by atoms with Gasteiger partial charge in [0.2, 0.25) is 0 Å². The Kier molecular flexibility index (Phi) is 4.82. The lowest BCUT2D eigenvalue weighted by Gasteiger charge is -2.37. The van der Waals surface area contributed by atoms with E-state index < -0.39 is 0 Å². The fraction of sp³-hybridized carbons (Fsp3) is 0.643. The first-order valence-electron chi connectivity index (χ1n) is 6.87. The number of likely N-dealkylation sites (tertiary alicyclic amines) is 1. The highest BCUT2D eigenvalue weighted by Gasteiger charge is 2.30. The average Bonchev–Trinajstić information content (AvgIpc) is 2.89. The van der Waals surface area contributed by atoms with E-state index in [-0.39, 0.29) is 6.03 Å². The van der Waals surface area contributed by atoms with Gasteiger partial charge in [0.15, 0.2) is 0 Å². The number of rotatable bonds is 4. The Labute approximate surface area is 119 Å². The summed E-state index contributed by atoms with van der Waals surface area (Å²) in [5.74, 6) is 1.02. The molecule has 2 atom stereocenters. The molecule has 1 aliphatic heterocycles. The van der Waals surface area contributed by atoms with Crippen molar-refractivity contribution >= 4 is 17.4 Å². The number of amides is 2. The molecule has 0 saturated carbocycles. The van der Waals surface area contributed by atoms with Gasteiger partial charge in [-0.3, -0.25) is 0 Å². The van der Waals surface area contributed by atoms with Crippen LogP contribution in [0.25, 0.3) is 0 Å². The highest BCUT2D eigenvalue weighted by Crippen LogP contribution is 2.30. The number of hydrogen-bond acceptors (Lipinski definition) is 3. The van der Waals surface area contributed by atoms with Crippen LogP contribution in [0.5, 0.6) is 0 Å². The van der Waals surface area contributed by atoms with Crippen LogP contribution in [0.15, 0.2) is 17.5 Å². The minimum atomic E-state index is -0.308. The molecule has 4 nitrogen and oxygen atoms in total. The van der Waals surface area contributed by atoms with Crippen molar-refractivity contribution < 1.29 is 4.79 Å². The quantitative estimate of drug-likeness (QED) is 0.889. The van der Waals surface area contributed by atoms with Crippen molar-refractivity contribution in [3.63, 3.8) is 0 Å². The fourth-order valence-electron chi connectivity index (χ4n) is 2.56. The Balaban J connectivity index is 2.02. The van der Waals surface area contributed by atoms with Gasteiger partial charge in [-0.15, -0.1) is 11.3 Å². The Bertz CT molecular complexity index is 405. The molecular weight excluding hydrogens is 258 g/mol. The van der Waals surface area contributed by atoms with Crippen LogP contribution in [0.2, 0.25) is 0 Å². The summed E-state index contributed by atoms with van der Waals surface area (Å²) >= 11 is 1.76. The third-order valence-corrected chi connectivity index (χ3v) is 4.56. The monoisotopic (exact) mass is 281 g/mol. The molecule has 0 aliphatic carbocycles. The third kappa shape index (κ3) is 3.94. The third-order valence-electron chi connectivity index (χ3n) is 3.52. The van der Waals surface area contributed by atoms with Crippen molar-refractivity contribution in [2.24, 2.45) is 11.7 Å². The number of thiophene rings is 1. The predicted molar refractivity (Wildman–Crippen MR) is 79.5 cm³/mol. The van der Waals surface area contributed by atoms with Gasteiger partial charge in [-0.25, -0.2) is 4.79 Å². The number of hydrogen-bond donors (Lipinski definition) is 2. The summed E-state index contributed by atoms with van der Waals surface area (Å²) in [6, 6.07) is 4.26. The normalized spacial score (nSPS) is 23.8. The molecule has 1 saturated heterocycles. The maximum Gasteiger partial charge on any atom is 0.314 e. The summed E-state index contributed by atoms with van der Waals surface area (Å²) in [6.45, 7) is 6.84. The molecule has 0 spiro atoms. The molecule has 106 valence electrons. The number of carbonyl (C=O) groups excluding carboxylic acids is 1. The molecule has 2 unspecified atom stereocenters. The molecule has 1 fully saturated rings. The minimum absolute atomic E-state index is 0.308. The second-order valence-electron chi connectivity index (χ2n) is 5.69. The first-order valence-corrected chi connectivity index (χ1v) is 7.75. The van der Waals surface area contributed by atoms with Gasteiger partial charge < -0.3 is 16.0 Å². The summed E-state index contributed by atoms with van der Waals surface area (Å²) in [5.41, 5.74) is 5.46. The number of primary amides is 1. The lowest BCUT2D eigenvalue weighted by molar-refractivity contribution is 0.171. The topological polar surface area (TPSA) is 58.4 Å². The number of nitrogens with two attached hydrogens (primary N) is 1. The van der Waals surface area contributed by atoms with Gasteiger partial charge in [-0.05, 0) is 30.3 Å². The van der Waals surface area contributed by atoms with Gasteiger partial charge in [-0.1, -0.05) is 19.9 Å². The zero-order chi connectivity index (χ0) is 13.8. The molecule has 19 heavy (non-hydrogen) atoms. The molecular formula is C14H23N3OS. The van der Waals surface area contributed by atoms with Crippen molar-refractivity contribution in [1.29, 1.82) is 0 Å². The number of carbonyl (C=O) groups is 1. The van der Waals surface area contributed by atoms with Gasteiger partial charge in [0.25, 0.3) is 0 Å². The van der Waals surface area contributed by atoms with E-state index in [0.29, 0.717) is 17.9 Å². The average molecular weight is 281 g/mol. The second-order valence-corrected chi connectivity index (χ2v) is 6.67. The van der Waals surface area contributed by atoms with Crippen molar-refractivity contribution in [2.75, 3.05) is 19.6 Å². The first kappa shape index (κ1) is 14.3. The Morgan fingerprint density at radius 3 is 2.95 bits per heavy atom. The zero-order valence-corrected chi connectivity index (χ0v) is 12.5. The van der Waals surface area contributed by atoms with Crippen LogP contribution in [-0.2, 0) is 0 Å². The van der Waals surface area contributed by atoms with Gasteiger partial charge in [-0.2, -0.15) is 0 Å². The lowest BCUT2D eigenvalue weighted by atomic mass is 9.92. The highest BCUT2D eigenvalue weighted by atomic mass is 32.1. The van der Waals surface area contributed by atoms with Crippen LogP contribution < -0.4 is 11.1 Å². The van der Waals surface area contributed by atoms with Crippen molar-refractivity contribution in [1.82, 2.24) is 10.2 Å². The van der Waals surface area contributed by atoms with Crippen molar-refractivity contribution in [3.8, 4) is 0 Å². The van der Waals surface area contributed by atoms with Crippen LogP contribution in [-0.4, -0.2) is 36.6 Å². The largest absolute Gasteiger partial charge is 0.351 e. The molecule has 0 radical (unpaired) electrons. The molecule has 5 heteroatoms. The van der Waals surface area contributed by atoms with Gasteiger partial charge in [0.1, 0.15) is 0 Å². The van der Waals surface area contributed by atoms with Crippen LogP contribution in [0.3, 0.4) is 0 Å². The smallest absolute Gasteiger partial charge is 0.314 e. The number of nitrogens with one attached hydrogen (secondary N) is 1. The second kappa shape index (κ2) is 6.39. The number of piperidine rings is 1. The summed E-state index contributed by atoms with van der Waals surface area (Å²) in [5, 5.41) is 5.65. The first-order chi connectivity index (χ1) is 9.06. The molecule has 1 aromatic rings. The fourth-order valence-corrected chi connectivity index (χ4v) is 3.39. The summed E-state index contributed by atoms with van der Waals surface area (Å²) in [6.07, 6.45) is 1.08. The van der Waals surface area contributed by atoms with Gasteiger partial charge in [0, 0.05) is 29.9 Å². The van der Waals surface area contributed by atoms with Crippen LogP contribution in [0.4, 0.5) is 4.79 Å². The van der Waals surface area contributed by atoms with E-state index in [2.05, 4.69) is 36.7 Å². The molecule has 2 amide bonds. The number of nitrogens with zero attached hydrogens (tertiary/aromatic N) is 1. The number of urea groups is 1. The van der Waals surface area contributed by atoms with E-state index >= 15 is 0 Å². The summed E-state index contributed by atoms with van der Waals surface area (Å²) in [4.78, 5) is 14.6. The zero-order valence-electron chi connectivity index (χ0n) is 11.6. The molecule has 1 aromatic heterocycles. The highest BCUT2D eigenvalue weighted by molar-refractivity contribution is 7.10. The van der Waals surface area contributed by atoms with Crippen LogP contribution >= 0.6 is 11.3 Å². The molecule has 3 N–H and O–H groups in total. The standard InChI is InChI=1S/C14H23N3OS/c1-10(2)7-16-12-6-11(13-4-3-5-19-13)8-17(9-12)14(15)18/h3-5,10-12,16H,6-9H2,1-2H3,(H2,15,18). The SMILES string of the molecule is CC(C)CNC1CC(c2cccs2)CN(C(N)=O)C1. The molecule has 0 bridgehead atoms. The van der Waals surface area contributed by atoms with Crippen molar-refractivity contribution in [3.05, 3.63) is 22.4 Å². The van der Waals surface area contributed by atoms with E-state index in [1.165, 1.54) is 4.88 Å². The molecule has 2 heterocycles. The van der Waals surface area contributed by atoms with Gasteiger partial charge >= 0.3 is 6.03 Å². The Morgan fingerprint density at radius 1 is 1.58 bits per heavy atom. The van der Waals surface area contributed by atoms with E-state index in [0.717, 1.165) is 26.1 Å². The van der Waals surface area contributed by atoms with Gasteiger partial charge in [0.05, 0.1) is 0 Å². The van der Waals surface area contributed by atoms with E-state index in [1.54, 1.807) is 16.2 Å². The molecule has 1 aliphatic rings. The molecule has 2 rings (SSSR count). The maximum atomic E-state index is 11.5.